The summed E-state index contributed by atoms with van der Waals surface area (Å²) in [6.07, 6.45) is 0. The summed E-state index contributed by atoms with van der Waals surface area (Å²) in [5.74, 6) is -0.543. The fraction of sp³-hybridized carbons (Fsp3) is 0. The van der Waals surface area contributed by atoms with E-state index < -0.39 is 5.91 Å². The van der Waals surface area contributed by atoms with Crippen molar-refractivity contribution in [2.75, 3.05) is 5.73 Å². The van der Waals surface area contributed by atoms with E-state index in [9.17, 15) is 4.79 Å². The van der Waals surface area contributed by atoms with Crippen molar-refractivity contribution in [3.8, 4) is 11.1 Å². The maximum Gasteiger partial charge on any atom is 0.265 e. The number of nitrogens with two attached hydrogens (primary N) is 2. The molecule has 0 atom stereocenters. The predicted octanol–water partition coefficient (Wildman–Crippen LogP) is 2.02. The quantitative estimate of drug-likeness (QED) is 0.696. The average Bonchev–Trinajstić information content (AvgIpc) is 2.61. The molecule has 1 heterocycles. The smallest absolute Gasteiger partial charge is 0.265 e. The molecule has 1 aromatic carbocycles. The van der Waals surface area contributed by atoms with Gasteiger partial charge in [0.05, 0.1) is 0 Å². The maximum absolute atomic E-state index is 11.2. The Bertz CT molecular complexity index is 531. The molecule has 4 nitrogen and oxygen atoms in total. The van der Waals surface area contributed by atoms with Crippen LogP contribution in [-0.4, -0.2) is 10.9 Å². The molecule has 0 spiro atoms. The molecule has 0 saturated heterocycles. The van der Waals surface area contributed by atoms with Crippen molar-refractivity contribution in [1.29, 1.82) is 0 Å². The fourth-order valence-electron chi connectivity index (χ4n) is 1.51. The Hall–Kier alpha value is -1.94. The fourth-order valence-corrected chi connectivity index (χ4v) is 1.71. The molecule has 5 N–H and O–H groups in total. The monoisotopic (exact) mass is 235 g/mol. The number of aromatic amines is 1. The first-order valence-electron chi connectivity index (χ1n) is 4.62. The van der Waals surface area contributed by atoms with Crippen molar-refractivity contribution in [1.82, 2.24) is 4.98 Å². The van der Waals surface area contributed by atoms with Crippen LogP contribution in [0.15, 0.2) is 30.3 Å². The molecular weight excluding hydrogens is 226 g/mol. The molecule has 1 aromatic heterocycles. The number of hydrogen-bond donors (Lipinski definition) is 3. The number of halogens is 1. The number of primary amides is 1. The SMILES string of the molecule is NC(=O)c1[nH]c(Cl)cc1-c1ccc(N)cc1. The summed E-state index contributed by atoms with van der Waals surface area (Å²) in [7, 11) is 0. The maximum atomic E-state index is 11.2. The number of anilines is 1. The van der Waals surface area contributed by atoms with E-state index in [1.807, 2.05) is 0 Å². The van der Waals surface area contributed by atoms with Crippen molar-refractivity contribution >= 4 is 23.2 Å². The molecule has 2 rings (SSSR count). The zero-order valence-corrected chi connectivity index (χ0v) is 9.08. The van der Waals surface area contributed by atoms with Gasteiger partial charge in [-0.1, -0.05) is 23.7 Å². The number of benzene rings is 1. The van der Waals surface area contributed by atoms with Gasteiger partial charge in [0, 0.05) is 11.3 Å². The highest BCUT2D eigenvalue weighted by atomic mass is 35.5. The molecule has 0 aliphatic heterocycles. The van der Waals surface area contributed by atoms with Crippen LogP contribution in [0.3, 0.4) is 0 Å². The topological polar surface area (TPSA) is 84.9 Å². The molecule has 0 aliphatic rings. The molecule has 2 aromatic rings. The molecule has 0 radical (unpaired) electrons. The molecule has 5 heteroatoms. The number of carbonyl (C=O) groups excluding carboxylic acids is 1. The van der Waals surface area contributed by atoms with Gasteiger partial charge in [-0.05, 0) is 23.8 Å². The van der Waals surface area contributed by atoms with Crippen LogP contribution in [0.1, 0.15) is 10.5 Å². The second-order valence-corrected chi connectivity index (χ2v) is 3.80. The molecule has 82 valence electrons. The predicted molar refractivity (Wildman–Crippen MR) is 64.2 cm³/mol. The van der Waals surface area contributed by atoms with Crippen LogP contribution in [0.4, 0.5) is 5.69 Å². The van der Waals surface area contributed by atoms with E-state index in [0.717, 1.165) is 5.56 Å². The molecule has 1 amide bonds. The number of amides is 1. The van der Waals surface area contributed by atoms with Crippen LogP contribution in [0, 0.1) is 0 Å². The van der Waals surface area contributed by atoms with Gasteiger partial charge in [0.15, 0.2) is 0 Å². The molecule has 16 heavy (non-hydrogen) atoms. The lowest BCUT2D eigenvalue weighted by Gasteiger charge is -2.01. The van der Waals surface area contributed by atoms with E-state index >= 15 is 0 Å². The van der Waals surface area contributed by atoms with Crippen molar-refractivity contribution < 1.29 is 4.79 Å². The minimum Gasteiger partial charge on any atom is -0.399 e. The molecule has 0 saturated carbocycles. The summed E-state index contributed by atoms with van der Waals surface area (Å²) in [6.45, 7) is 0. The van der Waals surface area contributed by atoms with Gasteiger partial charge in [0.1, 0.15) is 10.8 Å². The van der Waals surface area contributed by atoms with Crippen molar-refractivity contribution in [3.05, 3.63) is 41.2 Å². The van der Waals surface area contributed by atoms with Gasteiger partial charge >= 0.3 is 0 Å². The summed E-state index contributed by atoms with van der Waals surface area (Å²) in [5, 5.41) is 0.376. The zero-order valence-electron chi connectivity index (χ0n) is 8.33. The highest BCUT2D eigenvalue weighted by molar-refractivity contribution is 6.30. The molecule has 0 fully saturated rings. The number of rotatable bonds is 2. The minimum absolute atomic E-state index is 0.301. The Morgan fingerprint density at radius 2 is 1.88 bits per heavy atom. The molecule has 0 unspecified atom stereocenters. The zero-order chi connectivity index (χ0) is 11.7. The first-order chi connectivity index (χ1) is 7.58. The van der Waals surface area contributed by atoms with Gasteiger partial charge in [-0.3, -0.25) is 4.79 Å². The second kappa shape index (κ2) is 3.90. The van der Waals surface area contributed by atoms with Crippen molar-refractivity contribution in [2.45, 2.75) is 0 Å². The number of nitrogen functional groups attached to an aromatic ring is 1. The third-order valence-electron chi connectivity index (χ3n) is 2.25. The Labute approximate surface area is 97.2 Å². The van der Waals surface area contributed by atoms with Crippen molar-refractivity contribution in [2.24, 2.45) is 5.73 Å². The Balaban J connectivity index is 2.55. The third-order valence-corrected chi connectivity index (χ3v) is 2.46. The standard InChI is InChI=1S/C11H10ClN3O/c12-9-5-8(10(15-9)11(14)16)6-1-3-7(13)4-2-6/h1-5,15H,13H2,(H2,14,16). The first-order valence-corrected chi connectivity index (χ1v) is 5.00. The number of aromatic nitrogens is 1. The Kier molecular flexibility index (Phi) is 2.58. The van der Waals surface area contributed by atoms with E-state index in [2.05, 4.69) is 4.98 Å². The van der Waals surface area contributed by atoms with E-state index in [1.165, 1.54) is 0 Å². The molecular formula is C11H10ClN3O. The van der Waals surface area contributed by atoms with Crippen LogP contribution < -0.4 is 11.5 Å². The Morgan fingerprint density at radius 3 is 2.44 bits per heavy atom. The molecule has 0 aliphatic carbocycles. The van der Waals surface area contributed by atoms with Gasteiger partial charge in [-0.2, -0.15) is 0 Å². The van der Waals surface area contributed by atoms with Crippen LogP contribution in [0.5, 0.6) is 0 Å². The van der Waals surface area contributed by atoms with E-state index in [0.29, 0.717) is 22.1 Å². The lowest BCUT2D eigenvalue weighted by atomic mass is 10.1. The van der Waals surface area contributed by atoms with E-state index in [4.69, 9.17) is 23.1 Å². The summed E-state index contributed by atoms with van der Waals surface area (Å²) in [4.78, 5) is 13.9. The summed E-state index contributed by atoms with van der Waals surface area (Å²) >= 11 is 5.80. The van der Waals surface area contributed by atoms with Crippen LogP contribution in [-0.2, 0) is 0 Å². The minimum atomic E-state index is -0.543. The third kappa shape index (κ3) is 1.87. The number of nitrogens with one attached hydrogen (secondary N) is 1. The largest absolute Gasteiger partial charge is 0.399 e. The first kappa shape index (κ1) is 10.6. The summed E-state index contributed by atoms with van der Waals surface area (Å²) in [5.41, 5.74) is 13.3. The van der Waals surface area contributed by atoms with Crippen LogP contribution >= 0.6 is 11.6 Å². The second-order valence-electron chi connectivity index (χ2n) is 3.39. The normalized spacial score (nSPS) is 10.3. The number of H-pyrrole nitrogens is 1. The van der Waals surface area contributed by atoms with Gasteiger partial charge in [-0.15, -0.1) is 0 Å². The summed E-state index contributed by atoms with van der Waals surface area (Å²) in [6, 6.07) is 8.78. The van der Waals surface area contributed by atoms with Gasteiger partial charge < -0.3 is 16.5 Å². The lowest BCUT2D eigenvalue weighted by molar-refractivity contribution is 0.0997. The van der Waals surface area contributed by atoms with Crippen molar-refractivity contribution in [3.63, 3.8) is 0 Å². The van der Waals surface area contributed by atoms with E-state index in [-0.39, 0.29) is 0 Å². The number of hydrogen-bond acceptors (Lipinski definition) is 2. The van der Waals surface area contributed by atoms with E-state index in [1.54, 1.807) is 30.3 Å². The average molecular weight is 236 g/mol. The summed E-state index contributed by atoms with van der Waals surface area (Å²) < 4.78 is 0. The molecule has 0 bridgehead atoms. The van der Waals surface area contributed by atoms with Gasteiger partial charge in [0.25, 0.3) is 5.91 Å². The van der Waals surface area contributed by atoms with Gasteiger partial charge in [0.2, 0.25) is 0 Å². The van der Waals surface area contributed by atoms with Crippen LogP contribution in [0.2, 0.25) is 5.15 Å². The Morgan fingerprint density at radius 1 is 1.25 bits per heavy atom. The lowest BCUT2D eigenvalue weighted by Crippen LogP contribution is -2.12. The highest BCUT2D eigenvalue weighted by Gasteiger charge is 2.13. The number of carbonyl (C=O) groups is 1. The van der Waals surface area contributed by atoms with Gasteiger partial charge in [-0.25, -0.2) is 0 Å². The van der Waals surface area contributed by atoms with Crippen LogP contribution in [0.25, 0.3) is 11.1 Å². The highest BCUT2D eigenvalue weighted by Crippen LogP contribution is 2.27.